The second kappa shape index (κ2) is 6.80. The topological polar surface area (TPSA) is 102 Å². The van der Waals surface area contributed by atoms with Gasteiger partial charge in [0.1, 0.15) is 5.75 Å². The van der Waals surface area contributed by atoms with E-state index in [4.69, 9.17) is 9.84 Å². The van der Waals surface area contributed by atoms with Crippen LogP contribution in [0.1, 0.15) is 6.42 Å². The van der Waals surface area contributed by atoms with Crippen molar-refractivity contribution in [2.45, 2.75) is 13.0 Å². The number of nitrogens with zero attached hydrogens (tertiary/aromatic N) is 3. The van der Waals surface area contributed by atoms with Crippen molar-refractivity contribution in [1.82, 2.24) is 9.78 Å². The van der Waals surface area contributed by atoms with Gasteiger partial charge >= 0.3 is 5.97 Å². The van der Waals surface area contributed by atoms with Crippen LogP contribution in [0.4, 0.5) is 5.69 Å². The summed E-state index contributed by atoms with van der Waals surface area (Å²) >= 11 is 0. The van der Waals surface area contributed by atoms with E-state index >= 15 is 0 Å². The maximum atomic E-state index is 12.7. The minimum atomic E-state index is -1.01. The Morgan fingerprint density at radius 1 is 1.18 bits per heavy atom. The molecule has 1 N–H and O–H groups in total. The summed E-state index contributed by atoms with van der Waals surface area (Å²) in [6, 6.07) is 12.4. The number of hydrogen-bond acceptors (Lipinski definition) is 5. The molecule has 0 aliphatic carbocycles. The molecule has 0 spiro atoms. The average molecular weight is 379 g/mol. The third-order valence-corrected chi connectivity index (χ3v) is 4.72. The van der Waals surface area contributed by atoms with Crippen molar-refractivity contribution in [2.24, 2.45) is 0 Å². The highest BCUT2D eigenvalue weighted by molar-refractivity contribution is 5.99. The lowest BCUT2D eigenvalue weighted by molar-refractivity contribution is -0.137. The number of carboxylic acids is 1. The van der Waals surface area contributed by atoms with Crippen LogP contribution in [-0.4, -0.2) is 40.4 Å². The fourth-order valence-electron chi connectivity index (χ4n) is 3.22. The van der Waals surface area contributed by atoms with Crippen molar-refractivity contribution in [1.29, 1.82) is 0 Å². The molecule has 0 saturated heterocycles. The van der Waals surface area contributed by atoms with E-state index in [0.29, 0.717) is 33.5 Å². The van der Waals surface area contributed by atoms with E-state index in [1.165, 1.54) is 9.58 Å². The number of carbonyl (C=O) groups is 2. The van der Waals surface area contributed by atoms with Crippen molar-refractivity contribution in [2.75, 3.05) is 18.6 Å². The molecule has 1 aliphatic heterocycles. The summed E-state index contributed by atoms with van der Waals surface area (Å²) in [5.41, 5.74) is 1.51. The second-order valence-corrected chi connectivity index (χ2v) is 6.49. The molecular weight excluding hydrogens is 362 g/mol. The van der Waals surface area contributed by atoms with Crippen LogP contribution in [0.2, 0.25) is 0 Å². The quantitative estimate of drug-likeness (QED) is 0.743. The SMILES string of the molecule is CN1C(=O)COc2ccc(-c3nn(CCC(=O)O)c(=O)c4ccccc34)cc21. The predicted octanol–water partition coefficient (Wildman–Crippen LogP) is 1.89. The molecule has 8 nitrogen and oxygen atoms in total. The molecule has 142 valence electrons. The van der Waals surface area contributed by atoms with Crippen molar-refractivity contribution in [3.63, 3.8) is 0 Å². The number of carboxylic acid groups (broad SMARTS) is 1. The van der Waals surface area contributed by atoms with Crippen LogP contribution in [0.15, 0.2) is 47.3 Å². The number of hydrogen-bond donors (Lipinski definition) is 1. The lowest BCUT2D eigenvalue weighted by Gasteiger charge is -2.26. The summed E-state index contributed by atoms with van der Waals surface area (Å²) in [5.74, 6) is -0.572. The smallest absolute Gasteiger partial charge is 0.305 e. The molecule has 0 radical (unpaired) electrons. The Kier molecular flexibility index (Phi) is 4.31. The minimum Gasteiger partial charge on any atom is -0.482 e. The third-order valence-electron chi connectivity index (χ3n) is 4.72. The Morgan fingerprint density at radius 3 is 2.68 bits per heavy atom. The van der Waals surface area contributed by atoms with Crippen LogP contribution < -0.4 is 15.2 Å². The van der Waals surface area contributed by atoms with Gasteiger partial charge in [0.05, 0.1) is 29.7 Å². The number of likely N-dealkylation sites (N-methyl/N-ethyl adjacent to an activating group) is 1. The zero-order valence-electron chi connectivity index (χ0n) is 15.1. The highest BCUT2D eigenvalue weighted by atomic mass is 16.5. The van der Waals surface area contributed by atoms with Gasteiger partial charge in [0.25, 0.3) is 11.5 Å². The highest BCUT2D eigenvalue weighted by Crippen LogP contribution is 2.36. The first kappa shape index (κ1) is 17.7. The molecule has 1 aromatic heterocycles. The normalized spacial score (nSPS) is 13.3. The molecule has 28 heavy (non-hydrogen) atoms. The van der Waals surface area contributed by atoms with Crippen molar-refractivity contribution < 1.29 is 19.4 Å². The molecule has 0 bridgehead atoms. The standard InChI is InChI=1S/C20H17N3O5/c1-22-15-10-12(6-7-16(15)28-11-17(22)24)19-13-4-2-3-5-14(13)20(27)23(21-19)9-8-18(25)26/h2-7,10H,8-9,11H2,1H3,(H,25,26). The summed E-state index contributed by atoms with van der Waals surface area (Å²) in [6.45, 7) is -0.0392. The zero-order chi connectivity index (χ0) is 19.8. The third kappa shape index (κ3) is 2.98. The Morgan fingerprint density at radius 2 is 1.93 bits per heavy atom. The Bertz CT molecular complexity index is 1170. The van der Waals surface area contributed by atoms with E-state index in [2.05, 4.69) is 5.10 Å². The molecule has 0 saturated carbocycles. The van der Waals surface area contributed by atoms with Crippen LogP contribution in [0, 0.1) is 0 Å². The fourth-order valence-corrected chi connectivity index (χ4v) is 3.22. The van der Waals surface area contributed by atoms with Gasteiger partial charge in [0.2, 0.25) is 0 Å². The summed E-state index contributed by atoms with van der Waals surface area (Å²) < 4.78 is 6.64. The first-order valence-electron chi connectivity index (χ1n) is 8.71. The van der Waals surface area contributed by atoms with Crippen molar-refractivity contribution >= 4 is 28.3 Å². The van der Waals surface area contributed by atoms with Gasteiger partial charge in [-0.3, -0.25) is 14.4 Å². The van der Waals surface area contributed by atoms with E-state index in [0.717, 1.165) is 0 Å². The minimum absolute atomic E-state index is 0.00983. The lowest BCUT2D eigenvalue weighted by atomic mass is 10.0. The van der Waals surface area contributed by atoms with Gasteiger partial charge in [-0.05, 0) is 24.3 Å². The molecule has 4 rings (SSSR count). The summed E-state index contributed by atoms with van der Waals surface area (Å²) in [4.78, 5) is 37.1. The lowest BCUT2D eigenvalue weighted by Crippen LogP contribution is -2.35. The van der Waals surface area contributed by atoms with E-state index < -0.39 is 5.97 Å². The Labute approximate surface area is 159 Å². The van der Waals surface area contributed by atoms with Gasteiger partial charge in [-0.15, -0.1) is 0 Å². The molecule has 0 fully saturated rings. The molecule has 0 unspecified atom stereocenters. The van der Waals surface area contributed by atoms with Crippen LogP contribution in [0.5, 0.6) is 5.75 Å². The van der Waals surface area contributed by atoms with Crippen LogP contribution >= 0.6 is 0 Å². The maximum Gasteiger partial charge on any atom is 0.305 e. The number of rotatable bonds is 4. The first-order valence-corrected chi connectivity index (χ1v) is 8.71. The second-order valence-electron chi connectivity index (χ2n) is 6.49. The van der Waals surface area contributed by atoms with Crippen LogP contribution in [0.3, 0.4) is 0 Å². The zero-order valence-corrected chi connectivity index (χ0v) is 15.1. The highest BCUT2D eigenvalue weighted by Gasteiger charge is 2.23. The molecule has 8 heteroatoms. The largest absolute Gasteiger partial charge is 0.482 e. The number of anilines is 1. The maximum absolute atomic E-state index is 12.7. The fraction of sp³-hybridized carbons (Fsp3) is 0.200. The molecule has 3 aromatic rings. The number of aromatic nitrogens is 2. The first-order chi connectivity index (χ1) is 13.5. The number of amides is 1. The Balaban J connectivity index is 1.91. The summed E-state index contributed by atoms with van der Waals surface area (Å²) in [6.07, 6.45) is -0.208. The van der Waals surface area contributed by atoms with Gasteiger partial charge in [-0.2, -0.15) is 5.10 Å². The van der Waals surface area contributed by atoms with E-state index in [1.807, 2.05) is 12.1 Å². The molecule has 2 aromatic carbocycles. The number of aliphatic carboxylic acids is 1. The molecule has 1 amide bonds. The van der Waals surface area contributed by atoms with Crippen molar-refractivity contribution in [3.8, 4) is 17.0 Å². The van der Waals surface area contributed by atoms with Crippen LogP contribution in [0.25, 0.3) is 22.0 Å². The molecule has 1 aliphatic rings. The van der Waals surface area contributed by atoms with Gasteiger partial charge in [0, 0.05) is 18.0 Å². The molecule has 0 atom stereocenters. The van der Waals surface area contributed by atoms with Gasteiger partial charge in [-0.25, -0.2) is 4.68 Å². The number of carbonyl (C=O) groups excluding carboxylic acids is 1. The number of aryl methyl sites for hydroxylation is 1. The monoisotopic (exact) mass is 379 g/mol. The Hall–Kier alpha value is -3.68. The molecular formula is C20H17N3O5. The average Bonchev–Trinajstić information content (AvgIpc) is 2.70. The molecule has 2 heterocycles. The van der Waals surface area contributed by atoms with E-state index in [1.54, 1.807) is 37.4 Å². The van der Waals surface area contributed by atoms with Crippen molar-refractivity contribution in [3.05, 3.63) is 52.8 Å². The number of benzene rings is 2. The number of fused-ring (bicyclic) bond motifs is 2. The van der Waals surface area contributed by atoms with E-state index in [9.17, 15) is 14.4 Å². The summed E-state index contributed by atoms with van der Waals surface area (Å²) in [7, 11) is 1.67. The van der Waals surface area contributed by atoms with Crippen LogP contribution in [-0.2, 0) is 16.1 Å². The van der Waals surface area contributed by atoms with Gasteiger partial charge in [0.15, 0.2) is 6.61 Å². The number of ether oxygens (including phenoxy) is 1. The summed E-state index contributed by atoms with van der Waals surface area (Å²) in [5, 5.41) is 14.5. The van der Waals surface area contributed by atoms with Gasteiger partial charge < -0.3 is 14.7 Å². The van der Waals surface area contributed by atoms with E-state index in [-0.39, 0.29) is 31.0 Å². The van der Waals surface area contributed by atoms with Gasteiger partial charge in [-0.1, -0.05) is 18.2 Å². The predicted molar refractivity (Wildman–Crippen MR) is 103 cm³/mol.